The molecule has 114 valence electrons. The second-order valence-electron chi connectivity index (χ2n) is 5.64. The minimum absolute atomic E-state index is 0. The number of nitrogens with zero attached hydrogens (tertiary/aromatic N) is 3. The van der Waals surface area contributed by atoms with E-state index in [0.717, 1.165) is 18.8 Å². The summed E-state index contributed by atoms with van der Waals surface area (Å²) in [6.45, 7) is 9.60. The van der Waals surface area contributed by atoms with Gasteiger partial charge in [0.1, 0.15) is 12.3 Å². The lowest BCUT2D eigenvalue weighted by atomic mass is 9.94. The van der Waals surface area contributed by atoms with E-state index < -0.39 is 0 Å². The summed E-state index contributed by atoms with van der Waals surface area (Å²) in [6.07, 6.45) is 1.76. The fourth-order valence-corrected chi connectivity index (χ4v) is 1.77. The molecule has 2 N–H and O–H groups in total. The topological polar surface area (TPSA) is 76.9 Å². The maximum absolute atomic E-state index is 5.94. The molecule has 0 bridgehead atoms. The minimum atomic E-state index is -0.0370. The second kappa shape index (κ2) is 7.26. The number of oxazole rings is 1. The Balaban J connectivity index is 0.00000200. The van der Waals surface area contributed by atoms with Crippen LogP contribution in [0.1, 0.15) is 32.4 Å². The third kappa shape index (κ3) is 4.62. The first-order valence-corrected chi connectivity index (χ1v) is 6.54. The number of ether oxygens (including phenoxy) is 1. The molecule has 0 saturated carbocycles. The Morgan fingerprint density at radius 1 is 1.40 bits per heavy atom. The summed E-state index contributed by atoms with van der Waals surface area (Å²) < 4.78 is 10.9. The number of aliphatic imine (C=N–C) groups is 1. The molecule has 2 rings (SSSR count). The highest BCUT2D eigenvalue weighted by Gasteiger charge is 2.19. The highest BCUT2D eigenvalue weighted by Crippen LogP contribution is 2.22. The number of guanidine groups is 1. The quantitative estimate of drug-likeness (QED) is 0.470. The number of rotatable bonds is 2. The van der Waals surface area contributed by atoms with Crippen LogP contribution in [0.4, 0.5) is 0 Å². The molecule has 2 heterocycles. The highest BCUT2D eigenvalue weighted by atomic mass is 127. The van der Waals surface area contributed by atoms with Crippen LogP contribution < -0.4 is 5.73 Å². The van der Waals surface area contributed by atoms with E-state index in [2.05, 4.69) is 30.7 Å². The zero-order valence-corrected chi connectivity index (χ0v) is 14.6. The number of aromatic nitrogens is 1. The Labute approximate surface area is 136 Å². The molecule has 1 aromatic rings. The summed E-state index contributed by atoms with van der Waals surface area (Å²) in [5, 5.41) is 0. The molecule has 0 atom stereocenters. The van der Waals surface area contributed by atoms with Crippen molar-refractivity contribution in [3.8, 4) is 0 Å². The number of hydrogen-bond donors (Lipinski definition) is 1. The molecule has 1 saturated heterocycles. The Morgan fingerprint density at radius 2 is 2.05 bits per heavy atom. The van der Waals surface area contributed by atoms with Crippen LogP contribution in [0.5, 0.6) is 0 Å². The van der Waals surface area contributed by atoms with E-state index in [1.54, 1.807) is 6.20 Å². The average Bonchev–Trinajstić information content (AvgIpc) is 2.86. The predicted octanol–water partition coefficient (Wildman–Crippen LogP) is 1.74. The smallest absolute Gasteiger partial charge is 0.216 e. The molecule has 1 aromatic heterocycles. The van der Waals surface area contributed by atoms with Crippen LogP contribution in [0.25, 0.3) is 0 Å². The third-order valence-electron chi connectivity index (χ3n) is 3.00. The van der Waals surface area contributed by atoms with Crippen molar-refractivity contribution in [1.82, 2.24) is 9.88 Å². The van der Waals surface area contributed by atoms with Gasteiger partial charge < -0.3 is 19.8 Å². The van der Waals surface area contributed by atoms with Crippen molar-refractivity contribution in [2.24, 2.45) is 10.7 Å². The van der Waals surface area contributed by atoms with Crippen molar-refractivity contribution in [2.45, 2.75) is 32.7 Å². The molecule has 0 radical (unpaired) electrons. The molecule has 0 aromatic carbocycles. The lowest BCUT2D eigenvalue weighted by Crippen LogP contribution is -2.44. The van der Waals surface area contributed by atoms with Gasteiger partial charge in [0.15, 0.2) is 5.96 Å². The Hall–Kier alpha value is -0.830. The van der Waals surface area contributed by atoms with Crippen LogP contribution in [0.2, 0.25) is 0 Å². The number of morpholine rings is 1. The monoisotopic (exact) mass is 394 g/mol. The molecule has 0 amide bonds. The number of nitrogens with two attached hydrogens (primary N) is 1. The molecule has 6 nitrogen and oxygen atoms in total. The Kier molecular flexibility index (Phi) is 6.25. The summed E-state index contributed by atoms with van der Waals surface area (Å²) in [5.41, 5.74) is 5.90. The van der Waals surface area contributed by atoms with E-state index in [-0.39, 0.29) is 29.4 Å². The van der Waals surface area contributed by atoms with Crippen LogP contribution in [-0.4, -0.2) is 42.1 Å². The van der Waals surface area contributed by atoms with Gasteiger partial charge in [-0.25, -0.2) is 9.98 Å². The lowest BCUT2D eigenvalue weighted by molar-refractivity contribution is 0.0674. The van der Waals surface area contributed by atoms with Gasteiger partial charge in [0.2, 0.25) is 5.89 Å². The van der Waals surface area contributed by atoms with Crippen molar-refractivity contribution in [3.05, 3.63) is 17.8 Å². The first-order valence-electron chi connectivity index (χ1n) is 6.54. The van der Waals surface area contributed by atoms with E-state index in [4.69, 9.17) is 14.9 Å². The van der Waals surface area contributed by atoms with Crippen LogP contribution in [0.15, 0.2) is 15.6 Å². The molecular formula is C13H23IN4O2. The van der Waals surface area contributed by atoms with Crippen molar-refractivity contribution in [3.63, 3.8) is 0 Å². The molecular weight excluding hydrogens is 371 g/mol. The maximum Gasteiger partial charge on any atom is 0.216 e. The standard InChI is InChI=1S/C13H22N4O2.HI/c1-13(2,3)10-8-15-11(19-10)9-16-12(14)17-4-6-18-7-5-17;/h8H,4-7,9H2,1-3H3,(H2,14,16);1H. The van der Waals surface area contributed by atoms with Gasteiger partial charge in [0, 0.05) is 18.5 Å². The summed E-state index contributed by atoms with van der Waals surface area (Å²) >= 11 is 0. The van der Waals surface area contributed by atoms with E-state index in [1.807, 2.05) is 4.90 Å². The van der Waals surface area contributed by atoms with E-state index in [9.17, 15) is 0 Å². The summed E-state index contributed by atoms with van der Waals surface area (Å²) in [5.74, 6) is 1.99. The summed E-state index contributed by atoms with van der Waals surface area (Å²) in [4.78, 5) is 10.6. The van der Waals surface area contributed by atoms with Gasteiger partial charge in [-0.15, -0.1) is 24.0 Å². The normalized spacial score (nSPS) is 16.9. The fraction of sp³-hybridized carbons (Fsp3) is 0.692. The molecule has 0 unspecified atom stereocenters. The lowest BCUT2D eigenvalue weighted by Gasteiger charge is -2.27. The maximum atomic E-state index is 5.94. The highest BCUT2D eigenvalue weighted by molar-refractivity contribution is 14.0. The zero-order valence-electron chi connectivity index (χ0n) is 12.3. The van der Waals surface area contributed by atoms with Crippen molar-refractivity contribution in [2.75, 3.05) is 26.3 Å². The van der Waals surface area contributed by atoms with Crippen molar-refractivity contribution < 1.29 is 9.15 Å². The van der Waals surface area contributed by atoms with Gasteiger partial charge in [-0.2, -0.15) is 0 Å². The molecule has 1 aliphatic rings. The first-order chi connectivity index (χ1) is 8.97. The molecule has 20 heavy (non-hydrogen) atoms. The molecule has 1 fully saturated rings. The molecule has 7 heteroatoms. The second-order valence-corrected chi connectivity index (χ2v) is 5.64. The van der Waals surface area contributed by atoms with Crippen molar-refractivity contribution >= 4 is 29.9 Å². The van der Waals surface area contributed by atoms with Crippen LogP contribution in [-0.2, 0) is 16.7 Å². The number of halogens is 1. The minimum Gasteiger partial charge on any atom is -0.443 e. The Bertz CT molecular complexity index is 447. The number of hydrogen-bond acceptors (Lipinski definition) is 4. The molecule has 0 aliphatic carbocycles. The van der Waals surface area contributed by atoms with Crippen LogP contribution in [0.3, 0.4) is 0 Å². The van der Waals surface area contributed by atoms with Gasteiger partial charge in [-0.05, 0) is 0 Å². The predicted molar refractivity (Wildman–Crippen MR) is 88.3 cm³/mol. The fourth-order valence-electron chi connectivity index (χ4n) is 1.77. The van der Waals surface area contributed by atoms with Gasteiger partial charge in [-0.1, -0.05) is 20.8 Å². The van der Waals surface area contributed by atoms with Gasteiger partial charge in [0.05, 0.1) is 19.4 Å². The summed E-state index contributed by atoms with van der Waals surface area (Å²) in [6, 6.07) is 0. The Morgan fingerprint density at radius 3 is 2.60 bits per heavy atom. The zero-order chi connectivity index (χ0) is 13.9. The van der Waals surface area contributed by atoms with Gasteiger partial charge >= 0.3 is 0 Å². The summed E-state index contributed by atoms with van der Waals surface area (Å²) in [7, 11) is 0. The van der Waals surface area contributed by atoms with Crippen molar-refractivity contribution in [1.29, 1.82) is 0 Å². The van der Waals surface area contributed by atoms with Crippen LogP contribution in [0, 0.1) is 0 Å². The third-order valence-corrected chi connectivity index (χ3v) is 3.00. The van der Waals surface area contributed by atoms with E-state index in [1.165, 1.54) is 0 Å². The average molecular weight is 394 g/mol. The first kappa shape index (κ1) is 17.2. The SMILES string of the molecule is CC(C)(C)c1cnc(CN=C(N)N2CCOCC2)o1.I. The molecule has 1 aliphatic heterocycles. The largest absolute Gasteiger partial charge is 0.443 e. The molecule has 0 spiro atoms. The van der Waals surface area contributed by atoms with Gasteiger partial charge in [0.25, 0.3) is 0 Å². The van der Waals surface area contributed by atoms with E-state index >= 15 is 0 Å². The van der Waals surface area contributed by atoms with E-state index in [0.29, 0.717) is 31.6 Å². The van der Waals surface area contributed by atoms with Gasteiger partial charge in [-0.3, -0.25) is 0 Å². The van der Waals surface area contributed by atoms with Crippen LogP contribution >= 0.6 is 24.0 Å².